The van der Waals surface area contributed by atoms with Gasteiger partial charge in [-0.1, -0.05) is 0 Å². The van der Waals surface area contributed by atoms with Crippen LogP contribution in [0, 0.1) is 0 Å². The van der Waals surface area contributed by atoms with Crippen LogP contribution in [0.3, 0.4) is 0 Å². The fourth-order valence-electron chi connectivity index (χ4n) is 2.09. The standard InChI is InChI=1S/C13H17NO7/c15-5-8-9(16)10(17)11(18)12(21-8)14-7-3-1-6(2-4-7)13(19)20/h1-4,8-12,14-18H,5H2,(H,19,20)/t8-,9+,10-,11+,12-/m1/s1. The van der Waals surface area contributed by atoms with E-state index in [1.165, 1.54) is 24.3 Å². The molecule has 0 spiro atoms. The lowest BCUT2D eigenvalue weighted by molar-refractivity contribution is -0.221. The molecule has 8 heteroatoms. The van der Waals surface area contributed by atoms with E-state index in [0.717, 1.165) is 0 Å². The van der Waals surface area contributed by atoms with Gasteiger partial charge >= 0.3 is 5.97 Å². The molecule has 2 rings (SSSR count). The van der Waals surface area contributed by atoms with E-state index in [1.54, 1.807) is 0 Å². The summed E-state index contributed by atoms with van der Waals surface area (Å²) >= 11 is 0. The van der Waals surface area contributed by atoms with Gasteiger partial charge in [0.15, 0.2) is 6.23 Å². The second-order valence-electron chi connectivity index (χ2n) is 4.78. The second kappa shape index (κ2) is 6.37. The number of rotatable bonds is 4. The maximum Gasteiger partial charge on any atom is 0.335 e. The Hall–Kier alpha value is -1.71. The lowest BCUT2D eigenvalue weighted by Gasteiger charge is -2.40. The summed E-state index contributed by atoms with van der Waals surface area (Å²) in [4.78, 5) is 10.7. The summed E-state index contributed by atoms with van der Waals surface area (Å²) in [6.07, 6.45) is -6.33. The van der Waals surface area contributed by atoms with Crippen molar-refractivity contribution < 1.29 is 35.1 Å². The van der Waals surface area contributed by atoms with E-state index in [0.29, 0.717) is 5.69 Å². The molecule has 1 aromatic rings. The maximum atomic E-state index is 10.7. The minimum absolute atomic E-state index is 0.106. The summed E-state index contributed by atoms with van der Waals surface area (Å²) in [5.41, 5.74) is 0.568. The van der Waals surface area contributed by atoms with Crippen LogP contribution < -0.4 is 5.32 Å². The molecule has 0 saturated carbocycles. The average Bonchev–Trinajstić information content (AvgIpc) is 2.48. The SMILES string of the molecule is O=C(O)c1ccc(N[C@@H]2O[C@H](CO)[C@H](O)[C@@H](O)[C@@H]2O)cc1. The van der Waals surface area contributed by atoms with Crippen molar-refractivity contribution in [3.63, 3.8) is 0 Å². The molecule has 8 nitrogen and oxygen atoms in total. The zero-order valence-electron chi connectivity index (χ0n) is 11.0. The zero-order chi connectivity index (χ0) is 15.6. The Morgan fingerprint density at radius 1 is 1.10 bits per heavy atom. The summed E-state index contributed by atoms with van der Waals surface area (Å²) in [7, 11) is 0. The predicted molar refractivity (Wildman–Crippen MR) is 70.8 cm³/mol. The smallest absolute Gasteiger partial charge is 0.335 e. The highest BCUT2D eigenvalue weighted by Crippen LogP contribution is 2.23. The summed E-state index contributed by atoms with van der Waals surface area (Å²) in [5, 5.41) is 49.8. The number of aliphatic hydroxyl groups excluding tert-OH is 4. The molecule has 1 aliphatic heterocycles. The molecule has 1 aromatic carbocycles. The minimum Gasteiger partial charge on any atom is -0.478 e. The minimum atomic E-state index is -1.47. The summed E-state index contributed by atoms with van der Waals surface area (Å²) < 4.78 is 5.27. The molecule has 1 aliphatic rings. The molecular weight excluding hydrogens is 282 g/mol. The van der Waals surface area contributed by atoms with Crippen molar-refractivity contribution in [2.75, 3.05) is 11.9 Å². The van der Waals surface area contributed by atoms with Crippen molar-refractivity contribution in [1.29, 1.82) is 0 Å². The highest BCUT2D eigenvalue weighted by atomic mass is 16.6. The predicted octanol–water partition coefficient (Wildman–Crippen LogP) is -1.40. The van der Waals surface area contributed by atoms with Crippen molar-refractivity contribution in [3.8, 4) is 0 Å². The Kier molecular flexibility index (Phi) is 4.76. The molecule has 0 amide bonds. The molecule has 0 bridgehead atoms. The molecule has 0 unspecified atom stereocenters. The average molecular weight is 299 g/mol. The van der Waals surface area contributed by atoms with Crippen molar-refractivity contribution in [2.45, 2.75) is 30.6 Å². The monoisotopic (exact) mass is 299 g/mol. The van der Waals surface area contributed by atoms with Crippen molar-refractivity contribution in [1.82, 2.24) is 0 Å². The Bertz CT molecular complexity index is 490. The number of ether oxygens (including phenoxy) is 1. The Morgan fingerprint density at radius 2 is 1.71 bits per heavy atom. The lowest BCUT2D eigenvalue weighted by Crippen LogP contribution is -2.60. The van der Waals surface area contributed by atoms with Crippen LogP contribution in [-0.4, -0.2) is 68.8 Å². The van der Waals surface area contributed by atoms with Crippen LogP contribution in [0.1, 0.15) is 10.4 Å². The highest BCUT2D eigenvalue weighted by molar-refractivity contribution is 5.87. The quantitative estimate of drug-likeness (QED) is 0.399. The lowest BCUT2D eigenvalue weighted by atomic mass is 9.98. The molecule has 116 valence electrons. The number of hydrogen-bond acceptors (Lipinski definition) is 7. The van der Waals surface area contributed by atoms with E-state index in [-0.39, 0.29) is 5.56 Å². The first-order valence-electron chi connectivity index (χ1n) is 6.34. The topological polar surface area (TPSA) is 139 Å². The van der Waals surface area contributed by atoms with Gasteiger partial charge in [-0.15, -0.1) is 0 Å². The van der Waals surface area contributed by atoms with Crippen LogP contribution in [0.4, 0.5) is 5.69 Å². The Balaban J connectivity index is 2.08. The van der Waals surface area contributed by atoms with E-state index >= 15 is 0 Å². The number of anilines is 1. The summed E-state index contributed by atoms with van der Waals surface area (Å²) in [5.74, 6) is -1.06. The van der Waals surface area contributed by atoms with Gasteiger partial charge in [-0.05, 0) is 24.3 Å². The van der Waals surface area contributed by atoms with Crippen LogP contribution in [0.25, 0.3) is 0 Å². The third kappa shape index (κ3) is 3.31. The first kappa shape index (κ1) is 15.7. The third-order valence-corrected chi connectivity index (χ3v) is 3.33. The van der Waals surface area contributed by atoms with Gasteiger partial charge in [0.05, 0.1) is 12.2 Å². The van der Waals surface area contributed by atoms with Gasteiger partial charge in [0, 0.05) is 5.69 Å². The van der Waals surface area contributed by atoms with Gasteiger partial charge < -0.3 is 35.6 Å². The Morgan fingerprint density at radius 3 is 2.24 bits per heavy atom. The van der Waals surface area contributed by atoms with E-state index in [4.69, 9.17) is 14.9 Å². The number of carbonyl (C=O) groups is 1. The largest absolute Gasteiger partial charge is 0.478 e. The maximum absolute atomic E-state index is 10.7. The molecule has 1 fully saturated rings. The van der Waals surface area contributed by atoms with Crippen LogP contribution >= 0.6 is 0 Å². The van der Waals surface area contributed by atoms with Crippen LogP contribution in [0.2, 0.25) is 0 Å². The highest BCUT2D eigenvalue weighted by Gasteiger charge is 2.43. The van der Waals surface area contributed by atoms with Gasteiger partial charge in [-0.3, -0.25) is 0 Å². The van der Waals surface area contributed by atoms with Gasteiger partial charge in [-0.25, -0.2) is 4.79 Å². The van der Waals surface area contributed by atoms with Crippen LogP contribution in [-0.2, 0) is 4.74 Å². The summed E-state index contributed by atoms with van der Waals surface area (Å²) in [6, 6.07) is 5.69. The molecule has 6 N–H and O–H groups in total. The fourth-order valence-corrected chi connectivity index (χ4v) is 2.09. The van der Waals surface area contributed by atoms with Crippen molar-refractivity contribution in [3.05, 3.63) is 29.8 Å². The number of carboxylic acid groups (broad SMARTS) is 1. The number of carboxylic acids is 1. The molecule has 0 aliphatic carbocycles. The molecule has 0 radical (unpaired) electrons. The number of aromatic carboxylic acids is 1. The Labute approximate surface area is 120 Å². The van der Waals surface area contributed by atoms with E-state index in [1.807, 2.05) is 0 Å². The van der Waals surface area contributed by atoms with E-state index < -0.39 is 43.2 Å². The second-order valence-corrected chi connectivity index (χ2v) is 4.78. The zero-order valence-corrected chi connectivity index (χ0v) is 11.0. The number of benzene rings is 1. The van der Waals surface area contributed by atoms with Crippen molar-refractivity contribution >= 4 is 11.7 Å². The molecule has 1 saturated heterocycles. The molecule has 0 aromatic heterocycles. The third-order valence-electron chi connectivity index (χ3n) is 3.33. The molecule has 1 heterocycles. The van der Waals surface area contributed by atoms with Gasteiger partial charge in [0.25, 0.3) is 0 Å². The summed E-state index contributed by atoms with van der Waals surface area (Å²) in [6.45, 7) is -0.513. The van der Waals surface area contributed by atoms with Crippen LogP contribution in [0.15, 0.2) is 24.3 Å². The normalized spacial score (nSPS) is 32.7. The first-order valence-corrected chi connectivity index (χ1v) is 6.34. The molecular formula is C13H17NO7. The van der Waals surface area contributed by atoms with Gasteiger partial charge in [0.1, 0.15) is 24.4 Å². The fraction of sp³-hybridized carbons (Fsp3) is 0.462. The van der Waals surface area contributed by atoms with E-state index in [9.17, 15) is 20.1 Å². The van der Waals surface area contributed by atoms with Crippen LogP contribution in [0.5, 0.6) is 0 Å². The van der Waals surface area contributed by atoms with Gasteiger partial charge in [-0.2, -0.15) is 0 Å². The van der Waals surface area contributed by atoms with Gasteiger partial charge in [0.2, 0.25) is 0 Å². The number of hydrogen-bond donors (Lipinski definition) is 6. The molecule has 5 atom stereocenters. The van der Waals surface area contributed by atoms with Crippen molar-refractivity contribution in [2.24, 2.45) is 0 Å². The number of nitrogens with one attached hydrogen (secondary N) is 1. The molecule has 21 heavy (non-hydrogen) atoms. The van der Waals surface area contributed by atoms with E-state index in [2.05, 4.69) is 5.32 Å². The number of aliphatic hydroxyl groups is 4. The first-order chi connectivity index (χ1) is 9.93.